The van der Waals surface area contributed by atoms with E-state index in [2.05, 4.69) is 0 Å². The summed E-state index contributed by atoms with van der Waals surface area (Å²) in [7, 11) is 1.75. The summed E-state index contributed by atoms with van der Waals surface area (Å²) >= 11 is 7.54. The normalized spacial score (nSPS) is 10.5. The van der Waals surface area contributed by atoms with Crippen LogP contribution in [0, 0.1) is 0 Å². The number of halogens is 1. The van der Waals surface area contributed by atoms with Crippen LogP contribution in [-0.2, 0) is 4.74 Å². The van der Waals surface area contributed by atoms with Gasteiger partial charge in [-0.2, -0.15) is 11.8 Å². The van der Waals surface area contributed by atoms with Crippen molar-refractivity contribution in [1.82, 2.24) is 0 Å². The van der Waals surface area contributed by atoms with Crippen molar-refractivity contribution in [3.63, 3.8) is 0 Å². The summed E-state index contributed by atoms with van der Waals surface area (Å²) in [5.74, 6) is 3.22. The van der Waals surface area contributed by atoms with Crippen LogP contribution in [0.4, 0.5) is 0 Å². The molecular formula is C9H19ClOS. The van der Waals surface area contributed by atoms with Gasteiger partial charge in [0.25, 0.3) is 0 Å². The molecule has 0 radical (unpaired) electrons. The fourth-order valence-electron chi connectivity index (χ4n) is 0.896. The SMILES string of the molecule is COCCSCCCCCCCl. The quantitative estimate of drug-likeness (QED) is 0.427. The van der Waals surface area contributed by atoms with Gasteiger partial charge in [-0.1, -0.05) is 12.8 Å². The zero-order valence-corrected chi connectivity index (χ0v) is 9.42. The second-order valence-electron chi connectivity index (χ2n) is 2.71. The Labute approximate surface area is 85.2 Å². The first-order valence-corrected chi connectivity index (χ1v) is 6.23. The Morgan fingerprint density at radius 1 is 1.08 bits per heavy atom. The number of unbranched alkanes of at least 4 members (excludes halogenated alkanes) is 3. The van der Waals surface area contributed by atoms with Gasteiger partial charge in [0.2, 0.25) is 0 Å². The molecule has 74 valence electrons. The van der Waals surface area contributed by atoms with Crippen LogP contribution in [0.25, 0.3) is 0 Å². The first kappa shape index (κ1) is 12.6. The maximum absolute atomic E-state index is 5.56. The highest BCUT2D eigenvalue weighted by atomic mass is 35.5. The summed E-state index contributed by atoms with van der Waals surface area (Å²) in [4.78, 5) is 0. The number of rotatable bonds is 9. The van der Waals surface area contributed by atoms with Crippen molar-refractivity contribution in [1.29, 1.82) is 0 Å². The molecule has 0 amide bonds. The molecule has 0 bridgehead atoms. The standard InChI is InChI=1S/C9H19ClOS/c1-11-7-9-12-8-5-3-2-4-6-10/h2-9H2,1H3. The largest absolute Gasteiger partial charge is 0.384 e. The van der Waals surface area contributed by atoms with Crippen LogP contribution >= 0.6 is 23.4 Å². The lowest BCUT2D eigenvalue weighted by atomic mass is 10.2. The molecule has 0 atom stereocenters. The number of ether oxygens (including phenoxy) is 1. The minimum absolute atomic E-state index is 0.816. The lowest BCUT2D eigenvalue weighted by Gasteiger charge is -2.00. The number of hydrogen-bond acceptors (Lipinski definition) is 2. The van der Waals surface area contributed by atoms with E-state index in [0.29, 0.717) is 0 Å². The second kappa shape index (κ2) is 11.6. The van der Waals surface area contributed by atoms with E-state index in [1.54, 1.807) is 7.11 Å². The number of thioether (sulfide) groups is 1. The van der Waals surface area contributed by atoms with E-state index in [9.17, 15) is 0 Å². The third kappa shape index (κ3) is 10.6. The van der Waals surface area contributed by atoms with Gasteiger partial charge in [0.1, 0.15) is 0 Å². The van der Waals surface area contributed by atoms with Gasteiger partial charge in [-0.25, -0.2) is 0 Å². The molecule has 12 heavy (non-hydrogen) atoms. The maximum atomic E-state index is 5.56. The summed E-state index contributed by atoms with van der Waals surface area (Å²) in [6.07, 6.45) is 5.11. The lowest BCUT2D eigenvalue weighted by molar-refractivity contribution is 0.218. The molecule has 0 heterocycles. The molecule has 0 aromatic heterocycles. The highest BCUT2D eigenvalue weighted by molar-refractivity contribution is 7.99. The van der Waals surface area contributed by atoms with Gasteiger partial charge in [-0.15, -0.1) is 11.6 Å². The Morgan fingerprint density at radius 3 is 2.50 bits per heavy atom. The fraction of sp³-hybridized carbons (Fsp3) is 1.00. The monoisotopic (exact) mass is 210 g/mol. The predicted molar refractivity (Wildman–Crippen MR) is 58.4 cm³/mol. The molecule has 1 nitrogen and oxygen atoms in total. The number of methoxy groups -OCH3 is 1. The molecule has 0 rings (SSSR count). The van der Waals surface area contributed by atoms with Gasteiger partial charge in [0.15, 0.2) is 0 Å². The van der Waals surface area contributed by atoms with Crippen LogP contribution in [0.15, 0.2) is 0 Å². The van der Waals surface area contributed by atoms with Crippen LogP contribution in [0.3, 0.4) is 0 Å². The average Bonchev–Trinajstić information content (AvgIpc) is 2.10. The van der Waals surface area contributed by atoms with Crippen molar-refractivity contribution in [3.8, 4) is 0 Å². The van der Waals surface area contributed by atoms with Crippen molar-refractivity contribution in [2.75, 3.05) is 31.1 Å². The third-order valence-electron chi connectivity index (χ3n) is 1.60. The highest BCUT2D eigenvalue weighted by Crippen LogP contribution is 2.07. The predicted octanol–water partition coefficient (Wildman–Crippen LogP) is 3.17. The molecule has 0 saturated heterocycles. The van der Waals surface area contributed by atoms with Gasteiger partial charge in [0, 0.05) is 18.7 Å². The molecule has 0 saturated carbocycles. The van der Waals surface area contributed by atoms with E-state index in [0.717, 1.165) is 18.2 Å². The number of hydrogen-bond donors (Lipinski definition) is 0. The number of alkyl halides is 1. The smallest absolute Gasteiger partial charge is 0.0552 e. The van der Waals surface area contributed by atoms with Crippen molar-refractivity contribution in [2.24, 2.45) is 0 Å². The van der Waals surface area contributed by atoms with Gasteiger partial charge < -0.3 is 4.74 Å². The van der Waals surface area contributed by atoms with Crippen molar-refractivity contribution in [2.45, 2.75) is 25.7 Å². The summed E-state index contributed by atoms with van der Waals surface area (Å²) in [5, 5.41) is 0. The highest BCUT2D eigenvalue weighted by Gasteiger charge is 1.90. The molecule has 0 aliphatic rings. The first-order valence-electron chi connectivity index (χ1n) is 4.54. The zero-order chi connectivity index (χ0) is 9.07. The molecule has 0 aromatic rings. The van der Waals surface area contributed by atoms with Crippen molar-refractivity contribution < 1.29 is 4.74 Å². The van der Waals surface area contributed by atoms with Crippen LogP contribution < -0.4 is 0 Å². The van der Waals surface area contributed by atoms with E-state index in [1.807, 2.05) is 11.8 Å². The molecule has 0 N–H and O–H groups in total. The molecule has 0 fully saturated rings. The zero-order valence-electron chi connectivity index (χ0n) is 7.85. The maximum Gasteiger partial charge on any atom is 0.0552 e. The summed E-state index contributed by atoms with van der Waals surface area (Å²) in [6.45, 7) is 0.881. The first-order chi connectivity index (χ1) is 5.91. The van der Waals surface area contributed by atoms with Gasteiger partial charge in [-0.05, 0) is 18.6 Å². The Bertz CT molecular complexity index is 70.9. The van der Waals surface area contributed by atoms with Crippen LogP contribution in [0.1, 0.15) is 25.7 Å². The van der Waals surface area contributed by atoms with Gasteiger partial charge >= 0.3 is 0 Å². The molecule has 3 heteroatoms. The van der Waals surface area contributed by atoms with E-state index in [1.165, 1.54) is 31.4 Å². The summed E-state index contributed by atoms with van der Waals surface area (Å²) in [6, 6.07) is 0. The third-order valence-corrected chi connectivity index (χ3v) is 2.90. The Morgan fingerprint density at radius 2 is 1.83 bits per heavy atom. The van der Waals surface area contributed by atoms with E-state index in [4.69, 9.17) is 16.3 Å². The molecule has 0 aliphatic carbocycles. The molecular weight excluding hydrogens is 192 g/mol. The minimum Gasteiger partial charge on any atom is -0.384 e. The Kier molecular flexibility index (Phi) is 12.2. The second-order valence-corrected chi connectivity index (χ2v) is 4.31. The Hall–Kier alpha value is 0.600. The Balaban J connectivity index is 2.73. The molecule has 0 spiro atoms. The average molecular weight is 211 g/mol. The molecule has 0 aliphatic heterocycles. The summed E-state index contributed by atoms with van der Waals surface area (Å²) in [5.41, 5.74) is 0. The van der Waals surface area contributed by atoms with E-state index in [-0.39, 0.29) is 0 Å². The van der Waals surface area contributed by atoms with Gasteiger partial charge in [0.05, 0.1) is 6.61 Å². The molecule has 0 aromatic carbocycles. The fourth-order valence-corrected chi connectivity index (χ4v) is 1.98. The minimum atomic E-state index is 0.816. The lowest BCUT2D eigenvalue weighted by Crippen LogP contribution is -1.92. The van der Waals surface area contributed by atoms with E-state index >= 15 is 0 Å². The van der Waals surface area contributed by atoms with Crippen LogP contribution in [0.2, 0.25) is 0 Å². The van der Waals surface area contributed by atoms with Crippen LogP contribution in [0.5, 0.6) is 0 Å². The van der Waals surface area contributed by atoms with Crippen molar-refractivity contribution in [3.05, 3.63) is 0 Å². The van der Waals surface area contributed by atoms with Gasteiger partial charge in [-0.3, -0.25) is 0 Å². The van der Waals surface area contributed by atoms with Crippen molar-refractivity contribution >= 4 is 23.4 Å². The molecule has 0 unspecified atom stereocenters. The van der Waals surface area contributed by atoms with E-state index < -0.39 is 0 Å². The summed E-state index contributed by atoms with van der Waals surface area (Å²) < 4.78 is 4.95. The topological polar surface area (TPSA) is 9.23 Å². The van der Waals surface area contributed by atoms with Crippen LogP contribution in [-0.4, -0.2) is 31.1 Å².